The summed E-state index contributed by atoms with van der Waals surface area (Å²) in [6, 6.07) is 6.11. The van der Waals surface area contributed by atoms with E-state index in [1.807, 2.05) is 31.6 Å². The molecule has 106 valence electrons. The van der Waals surface area contributed by atoms with Crippen molar-refractivity contribution in [3.05, 3.63) is 42.0 Å². The molecule has 1 aliphatic heterocycles. The normalized spacial score (nSPS) is 19.0. The largest absolute Gasteiger partial charge is 0.496 e. The van der Waals surface area contributed by atoms with Crippen molar-refractivity contribution in [2.24, 2.45) is 0 Å². The minimum Gasteiger partial charge on any atom is -0.496 e. The third kappa shape index (κ3) is 2.42. The second-order valence-corrected chi connectivity index (χ2v) is 4.91. The third-order valence-electron chi connectivity index (χ3n) is 3.58. The Kier molecular flexibility index (Phi) is 3.71. The fraction of sp³-hybridized carbons (Fsp3) is 0.400. The molecule has 0 saturated carbocycles. The van der Waals surface area contributed by atoms with Gasteiger partial charge in [0.05, 0.1) is 31.9 Å². The van der Waals surface area contributed by atoms with Crippen LogP contribution < -0.4 is 10.1 Å². The van der Waals surface area contributed by atoms with Gasteiger partial charge in [0, 0.05) is 18.8 Å². The molecule has 2 aromatic rings. The van der Waals surface area contributed by atoms with Gasteiger partial charge in [-0.15, -0.1) is 0 Å². The molecule has 20 heavy (non-hydrogen) atoms. The summed E-state index contributed by atoms with van der Waals surface area (Å²) >= 11 is 0. The van der Waals surface area contributed by atoms with Gasteiger partial charge in [-0.2, -0.15) is 0 Å². The second kappa shape index (κ2) is 5.64. The van der Waals surface area contributed by atoms with E-state index in [-0.39, 0.29) is 6.10 Å². The van der Waals surface area contributed by atoms with Crippen molar-refractivity contribution < 1.29 is 9.47 Å². The number of ether oxygens (including phenoxy) is 2. The van der Waals surface area contributed by atoms with E-state index < -0.39 is 0 Å². The van der Waals surface area contributed by atoms with Crippen LogP contribution in [0, 0.1) is 6.92 Å². The van der Waals surface area contributed by atoms with Crippen molar-refractivity contribution in [1.82, 2.24) is 14.9 Å². The van der Waals surface area contributed by atoms with Crippen molar-refractivity contribution in [1.29, 1.82) is 0 Å². The first-order chi connectivity index (χ1) is 9.79. The number of nitrogens with one attached hydrogen (secondary N) is 1. The zero-order valence-corrected chi connectivity index (χ0v) is 11.8. The molecule has 1 aromatic carbocycles. The first-order valence-electron chi connectivity index (χ1n) is 6.79. The number of aryl methyl sites for hydroxylation is 1. The number of methoxy groups -OCH3 is 1. The molecule has 0 radical (unpaired) electrons. The molecule has 0 spiro atoms. The lowest BCUT2D eigenvalue weighted by Gasteiger charge is -2.24. The molecule has 1 unspecified atom stereocenters. The lowest BCUT2D eigenvalue weighted by Crippen LogP contribution is -2.34. The standard InChI is InChI=1S/C15H19N3O2/c1-11-7-12(3-4-14(11)19-2)18-10-17-8-13(18)15-9-16-5-6-20-15/h3-4,7-8,10,15-16H,5-6,9H2,1-2H3. The number of hydrogen-bond acceptors (Lipinski definition) is 4. The van der Waals surface area contributed by atoms with Crippen LogP contribution in [-0.2, 0) is 4.74 Å². The summed E-state index contributed by atoms with van der Waals surface area (Å²) in [4.78, 5) is 4.27. The zero-order chi connectivity index (χ0) is 13.9. The van der Waals surface area contributed by atoms with Gasteiger partial charge in [0.25, 0.3) is 0 Å². The molecular weight excluding hydrogens is 254 g/mol. The van der Waals surface area contributed by atoms with Crippen LogP contribution in [0.4, 0.5) is 0 Å². The Labute approximate surface area is 118 Å². The molecular formula is C15H19N3O2. The molecule has 0 aliphatic carbocycles. The predicted octanol–water partition coefficient (Wildman–Crippen LogP) is 1.85. The summed E-state index contributed by atoms with van der Waals surface area (Å²) in [5.74, 6) is 0.894. The van der Waals surface area contributed by atoms with Gasteiger partial charge in [0.15, 0.2) is 0 Å². The highest BCUT2D eigenvalue weighted by atomic mass is 16.5. The Morgan fingerprint density at radius 1 is 1.45 bits per heavy atom. The minimum atomic E-state index is 0.0497. The third-order valence-corrected chi connectivity index (χ3v) is 3.58. The Morgan fingerprint density at radius 3 is 3.05 bits per heavy atom. The lowest BCUT2D eigenvalue weighted by atomic mass is 10.1. The summed E-state index contributed by atoms with van der Waals surface area (Å²) < 4.78 is 13.2. The average molecular weight is 273 g/mol. The van der Waals surface area contributed by atoms with E-state index in [0.29, 0.717) is 0 Å². The number of hydrogen-bond donors (Lipinski definition) is 1. The van der Waals surface area contributed by atoms with Crippen LogP contribution in [0.25, 0.3) is 5.69 Å². The number of imidazole rings is 1. The van der Waals surface area contributed by atoms with E-state index in [4.69, 9.17) is 9.47 Å². The summed E-state index contributed by atoms with van der Waals surface area (Å²) in [6.45, 7) is 4.50. The van der Waals surface area contributed by atoms with Crippen LogP contribution in [0.3, 0.4) is 0 Å². The molecule has 1 atom stereocenters. The van der Waals surface area contributed by atoms with Gasteiger partial charge in [0.2, 0.25) is 0 Å². The Hall–Kier alpha value is -1.85. The summed E-state index contributed by atoms with van der Waals surface area (Å²) in [5.41, 5.74) is 3.25. The van der Waals surface area contributed by atoms with Crippen LogP contribution >= 0.6 is 0 Å². The Morgan fingerprint density at radius 2 is 2.35 bits per heavy atom. The second-order valence-electron chi connectivity index (χ2n) is 4.91. The van der Waals surface area contributed by atoms with Crippen molar-refractivity contribution in [3.63, 3.8) is 0 Å². The van der Waals surface area contributed by atoms with Crippen molar-refractivity contribution >= 4 is 0 Å². The van der Waals surface area contributed by atoms with Crippen molar-refractivity contribution in [3.8, 4) is 11.4 Å². The van der Waals surface area contributed by atoms with E-state index in [9.17, 15) is 0 Å². The van der Waals surface area contributed by atoms with E-state index in [1.165, 1.54) is 0 Å². The van der Waals surface area contributed by atoms with Crippen molar-refractivity contribution in [2.75, 3.05) is 26.8 Å². The molecule has 2 heterocycles. The van der Waals surface area contributed by atoms with Gasteiger partial charge < -0.3 is 19.4 Å². The van der Waals surface area contributed by atoms with Gasteiger partial charge in [-0.25, -0.2) is 4.98 Å². The van der Waals surface area contributed by atoms with Crippen LogP contribution in [0.2, 0.25) is 0 Å². The van der Waals surface area contributed by atoms with Gasteiger partial charge in [-0.3, -0.25) is 0 Å². The maximum absolute atomic E-state index is 5.81. The molecule has 1 aliphatic rings. The monoisotopic (exact) mass is 273 g/mol. The number of aromatic nitrogens is 2. The topological polar surface area (TPSA) is 48.3 Å². The highest BCUT2D eigenvalue weighted by molar-refractivity contribution is 5.44. The van der Waals surface area contributed by atoms with Crippen molar-refractivity contribution in [2.45, 2.75) is 13.0 Å². The first-order valence-corrected chi connectivity index (χ1v) is 6.79. The van der Waals surface area contributed by atoms with Crippen LogP contribution in [-0.4, -0.2) is 36.4 Å². The molecule has 5 heteroatoms. The summed E-state index contributed by atoms with van der Waals surface area (Å²) in [6.07, 6.45) is 3.75. The average Bonchev–Trinajstić information content (AvgIpc) is 2.97. The SMILES string of the molecule is COc1ccc(-n2cncc2C2CNCCO2)cc1C. The maximum Gasteiger partial charge on any atom is 0.121 e. The number of morpholine rings is 1. The van der Waals surface area contributed by atoms with Crippen LogP contribution in [0.5, 0.6) is 5.75 Å². The fourth-order valence-electron chi connectivity index (χ4n) is 2.53. The quantitative estimate of drug-likeness (QED) is 0.927. The Balaban J connectivity index is 1.94. The summed E-state index contributed by atoms with van der Waals surface area (Å²) in [5, 5.41) is 3.35. The predicted molar refractivity (Wildman–Crippen MR) is 76.4 cm³/mol. The van der Waals surface area contributed by atoms with E-state index in [1.54, 1.807) is 7.11 Å². The molecule has 1 aromatic heterocycles. The van der Waals surface area contributed by atoms with Crippen LogP contribution in [0.15, 0.2) is 30.7 Å². The molecule has 1 saturated heterocycles. The van der Waals surface area contributed by atoms with E-state index >= 15 is 0 Å². The lowest BCUT2D eigenvalue weighted by molar-refractivity contribution is 0.0240. The van der Waals surface area contributed by atoms with Gasteiger partial charge in [0.1, 0.15) is 11.9 Å². The zero-order valence-electron chi connectivity index (χ0n) is 11.8. The summed E-state index contributed by atoms with van der Waals surface area (Å²) in [7, 11) is 1.69. The van der Waals surface area contributed by atoms with Gasteiger partial charge in [-0.05, 0) is 30.7 Å². The molecule has 1 fully saturated rings. The fourth-order valence-corrected chi connectivity index (χ4v) is 2.53. The highest BCUT2D eigenvalue weighted by Gasteiger charge is 2.20. The first kappa shape index (κ1) is 13.1. The van der Waals surface area contributed by atoms with E-state index in [0.717, 1.165) is 42.4 Å². The molecule has 0 bridgehead atoms. The number of nitrogens with zero attached hydrogens (tertiary/aromatic N) is 2. The van der Waals surface area contributed by atoms with Gasteiger partial charge >= 0.3 is 0 Å². The molecule has 0 amide bonds. The molecule has 1 N–H and O–H groups in total. The van der Waals surface area contributed by atoms with Gasteiger partial charge in [-0.1, -0.05) is 0 Å². The molecule has 5 nitrogen and oxygen atoms in total. The molecule has 3 rings (SSSR count). The van der Waals surface area contributed by atoms with Crippen LogP contribution in [0.1, 0.15) is 17.4 Å². The maximum atomic E-state index is 5.81. The highest BCUT2D eigenvalue weighted by Crippen LogP contribution is 2.25. The number of rotatable bonds is 3. The van der Waals surface area contributed by atoms with E-state index in [2.05, 4.69) is 20.9 Å². The minimum absolute atomic E-state index is 0.0497. The Bertz CT molecular complexity index is 589. The smallest absolute Gasteiger partial charge is 0.121 e. The number of benzene rings is 1.